The zero-order valence-corrected chi connectivity index (χ0v) is 9.40. The number of unbranched alkanes of at least 4 members (excludes halogenated alkanes) is 1. The second kappa shape index (κ2) is 8.93. The summed E-state index contributed by atoms with van der Waals surface area (Å²) in [6, 6.07) is -0.756. The van der Waals surface area contributed by atoms with Gasteiger partial charge in [0, 0.05) is 0 Å². The number of hydrogen-bond donors (Lipinski definition) is 3. The second-order valence-corrected chi connectivity index (χ2v) is 3.13. The molecule has 0 unspecified atom stereocenters. The average molecular weight is 233 g/mol. The topological polar surface area (TPSA) is 117 Å². The maximum Gasteiger partial charge on any atom is 0.440 e. The van der Waals surface area contributed by atoms with Crippen LogP contribution in [0, 0.1) is 0 Å². The lowest BCUT2D eigenvalue weighted by molar-refractivity contribution is -0.151. The maximum absolute atomic E-state index is 11.2. The molecule has 0 fully saturated rings. The first kappa shape index (κ1) is 14.7. The largest absolute Gasteiger partial charge is 0.448 e. The van der Waals surface area contributed by atoms with Gasteiger partial charge in [-0.05, 0) is 26.3 Å². The van der Waals surface area contributed by atoms with Gasteiger partial charge in [0.25, 0.3) is 0 Å². The van der Waals surface area contributed by atoms with Crippen molar-refractivity contribution in [3.05, 3.63) is 0 Å². The highest BCUT2D eigenvalue weighted by Crippen LogP contribution is 1.99. The Morgan fingerprint density at radius 2 is 2.06 bits per heavy atom. The van der Waals surface area contributed by atoms with Gasteiger partial charge in [-0.3, -0.25) is 0 Å². The molecule has 0 aliphatic rings. The summed E-state index contributed by atoms with van der Waals surface area (Å²) in [5.74, 6) is -0.690. The van der Waals surface area contributed by atoms with Crippen LogP contribution in [-0.4, -0.2) is 31.3 Å². The first-order valence-corrected chi connectivity index (χ1v) is 5.20. The van der Waals surface area contributed by atoms with E-state index in [1.54, 1.807) is 6.92 Å². The number of carbonyl (C=O) groups excluding carboxylic acids is 2. The van der Waals surface area contributed by atoms with Gasteiger partial charge < -0.3 is 21.0 Å². The number of rotatable bonds is 6. The van der Waals surface area contributed by atoms with Crippen LogP contribution >= 0.6 is 0 Å². The van der Waals surface area contributed by atoms with Crippen LogP contribution in [0.4, 0.5) is 4.79 Å². The molecule has 0 aliphatic carbocycles. The standard InChI is InChI=1S/C9H19N3O4/c1-2-15-9(14)12-16-8(13)7(11)5-3-4-6-10/h7H,2-6,10-11H2,1H3,(H,12,14)/t7-/m0/s1. The lowest BCUT2D eigenvalue weighted by atomic mass is 10.1. The van der Waals surface area contributed by atoms with E-state index in [0.29, 0.717) is 13.0 Å². The van der Waals surface area contributed by atoms with Gasteiger partial charge in [0.15, 0.2) is 0 Å². The molecule has 0 spiro atoms. The van der Waals surface area contributed by atoms with Crippen molar-refractivity contribution < 1.29 is 19.2 Å². The van der Waals surface area contributed by atoms with Gasteiger partial charge >= 0.3 is 12.1 Å². The molecular formula is C9H19N3O4. The van der Waals surface area contributed by atoms with Crippen LogP contribution in [0.25, 0.3) is 0 Å². The van der Waals surface area contributed by atoms with Crippen molar-refractivity contribution in [2.24, 2.45) is 11.5 Å². The van der Waals surface area contributed by atoms with Crippen LogP contribution < -0.4 is 16.9 Å². The fraction of sp³-hybridized carbons (Fsp3) is 0.778. The van der Waals surface area contributed by atoms with Crippen molar-refractivity contribution in [3.8, 4) is 0 Å². The molecule has 0 saturated carbocycles. The Morgan fingerprint density at radius 1 is 1.38 bits per heavy atom. The number of nitrogens with two attached hydrogens (primary N) is 2. The summed E-state index contributed by atoms with van der Waals surface area (Å²) in [5.41, 5.74) is 12.6. The Balaban J connectivity index is 3.66. The van der Waals surface area contributed by atoms with Crippen LogP contribution in [-0.2, 0) is 14.4 Å². The van der Waals surface area contributed by atoms with Crippen molar-refractivity contribution in [1.82, 2.24) is 5.48 Å². The van der Waals surface area contributed by atoms with Crippen molar-refractivity contribution in [2.45, 2.75) is 32.2 Å². The monoisotopic (exact) mass is 233 g/mol. The van der Waals surface area contributed by atoms with Gasteiger partial charge in [-0.1, -0.05) is 6.42 Å². The summed E-state index contributed by atoms with van der Waals surface area (Å²) in [6.45, 7) is 2.40. The molecule has 0 radical (unpaired) electrons. The molecule has 94 valence electrons. The molecule has 1 atom stereocenters. The van der Waals surface area contributed by atoms with E-state index in [0.717, 1.165) is 12.8 Å². The summed E-state index contributed by atoms with van der Waals surface area (Å²) in [7, 11) is 0. The van der Waals surface area contributed by atoms with Crippen LogP contribution in [0.15, 0.2) is 0 Å². The second-order valence-electron chi connectivity index (χ2n) is 3.13. The van der Waals surface area contributed by atoms with Crippen LogP contribution in [0.3, 0.4) is 0 Å². The Labute approximate surface area is 94.4 Å². The molecule has 0 rings (SSSR count). The molecule has 7 nitrogen and oxygen atoms in total. The third-order valence-electron chi connectivity index (χ3n) is 1.78. The molecule has 5 N–H and O–H groups in total. The number of ether oxygens (including phenoxy) is 1. The first-order valence-electron chi connectivity index (χ1n) is 5.20. The fourth-order valence-corrected chi connectivity index (χ4v) is 0.955. The normalized spacial score (nSPS) is 11.7. The minimum Gasteiger partial charge on any atom is -0.448 e. The Kier molecular flexibility index (Phi) is 8.18. The SMILES string of the molecule is CCOC(=O)NOC(=O)[C@@H](N)CCCCN. The van der Waals surface area contributed by atoms with E-state index in [-0.39, 0.29) is 6.61 Å². The van der Waals surface area contributed by atoms with E-state index in [1.807, 2.05) is 5.48 Å². The Bertz CT molecular complexity index is 223. The molecule has 0 aromatic rings. The lowest BCUT2D eigenvalue weighted by Gasteiger charge is -2.10. The van der Waals surface area contributed by atoms with E-state index >= 15 is 0 Å². The number of hydroxylamine groups is 1. The number of amides is 1. The van der Waals surface area contributed by atoms with Gasteiger partial charge in [0.1, 0.15) is 6.04 Å². The predicted molar refractivity (Wildman–Crippen MR) is 57.1 cm³/mol. The summed E-state index contributed by atoms with van der Waals surface area (Å²) < 4.78 is 4.49. The van der Waals surface area contributed by atoms with Gasteiger partial charge in [-0.25, -0.2) is 9.59 Å². The van der Waals surface area contributed by atoms with Gasteiger partial charge in [-0.2, -0.15) is 0 Å². The molecule has 0 saturated heterocycles. The predicted octanol–water partition coefficient (Wildman–Crippen LogP) is -0.353. The summed E-state index contributed by atoms with van der Waals surface area (Å²) in [4.78, 5) is 26.4. The highest BCUT2D eigenvalue weighted by molar-refractivity contribution is 5.77. The van der Waals surface area contributed by atoms with E-state index in [9.17, 15) is 9.59 Å². The maximum atomic E-state index is 11.2. The zero-order chi connectivity index (χ0) is 12.4. The minimum absolute atomic E-state index is 0.200. The lowest BCUT2D eigenvalue weighted by Crippen LogP contribution is -2.38. The average Bonchev–Trinajstić information content (AvgIpc) is 2.26. The molecule has 1 amide bonds. The summed E-state index contributed by atoms with van der Waals surface area (Å²) in [5, 5.41) is 0. The van der Waals surface area contributed by atoms with Crippen molar-refractivity contribution in [1.29, 1.82) is 0 Å². The van der Waals surface area contributed by atoms with Crippen LogP contribution in [0.1, 0.15) is 26.2 Å². The van der Waals surface area contributed by atoms with Crippen molar-refractivity contribution in [3.63, 3.8) is 0 Å². The van der Waals surface area contributed by atoms with Gasteiger partial charge in [0.2, 0.25) is 0 Å². The van der Waals surface area contributed by atoms with Crippen molar-refractivity contribution in [2.75, 3.05) is 13.2 Å². The van der Waals surface area contributed by atoms with E-state index in [1.165, 1.54) is 0 Å². The molecule has 0 bridgehead atoms. The zero-order valence-electron chi connectivity index (χ0n) is 9.40. The van der Waals surface area contributed by atoms with Crippen LogP contribution in [0.5, 0.6) is 0 Å². The molecule has 0 aromatic heterocycles. The smallest absolute Gasteiger partial charge is 0.440 e. The highest BCUT2D eigenvalue weighted by atomic mass is 16.7. The molecule has 0 heterocycles. The number of hydrogen-bond acceptors (Lipinski definition) is 6. The van der Waals surface area contributed by atoms with Gasteiger partial charge in [-0.15, -0.1) is 5.48 Å². The summed E-state index contributed by atoms with van der Waals surface area (Å²) in [6.07, 6.45) is 1.20. The van der Waals surface area contributed by atoms with E-state index < -0.39 is 18.1 Å². The third kappa shape index (κ3) is 7.02. The number of nitrogens with one attached hydrogen (secondary N) is 1. The number of carbonyl (C=O) groups is 2. The van der Waals surface area contributed by atoms with E-state index in [4.69, 9.17) is 11.5 Å². The Morgan fingerprint density at radius 3 is 2.62 bits per heavy atom. The third-order valence-corrected chi connectivity index (χ3v) is 1.78. The van der Waals surface area contributed by atoms with Crippen LogP contribution in [0.2, 0.25) is 0 Å². The van der Waals surface area contributed by atoms with Crippen molar-refractivity contribution >= 4 is 12.1 Å². The van der Waals surface area contributed by atoms with E-state index in [2.05, 4.69) is 9.57 Å². The quantitative estimate of drug-likeness (QED) is 0.426. The highest BCUT2D eigenvalue weighted by Gasteiger charge is 2.16. The molecule has 7 heteroatoms. The Hall–Kier alpha value is -1.34. The summed E-state index contributed by atoms with van der Waals surface area (Å²) >= 11 is 0. The molecule has 0 aliphatic heterocycles. The molecule has 16 heavy (non-hydrogen) atoms. The molecule has 0 aromatic carbocycles. The minimum atomic E-state index is -0.815. The fourth-order valence-electron chi connectivity index (χ4n) is 0.955. The van der Waals surface area contributed by atoms with Gasteiger partial charge in [0.05, 0.1) is 6.61 Å². The molecular weight excluding hydrogens is 214 g/mol. The first-order chi connectivity index (χ1) is 7.61.